The van der Waals surface area contributed by atoms with Crippen molar-refractivity contribution in [3.05, 3.63) is 11.3 Å². The molecule has 2 aliphatic rings. The molecule has 2 bridgehead atoms. The lowest BCUT2D eigenvalue weighted by atomic mass is 9.79. The van der Waals surface area contributed by atoms with E-state index in [0.717, 1.165) is 5.92 Å². The number of rotatable bonds is 1. The predicted molar refractivity (Wildman–Crippen MR) is 45.2 cm³/mol. The van der Waals surface area contributed by atoms with Gasteiger partial charge in [0, 0.05) is 5.92 Å². The van der Waals surface area contributed by atoms with Gasteiger partial charge in [-0.25, -0.2) is 0 Å². The van der Waals surface area contributed by atoms with Crippen LogP contribution in [0.2, 0.25) is 0 Å². The lowest BCUT2D eigenvalue weighted by molar-refractivity contribution is 0.196. The zero-order chi connectivity index (χ0) is 7.68. The van der Waals surface area contributed by atoms with Gasteiger partial charge in [-0.15, -0.1) is 0 Å². The smallest absolute Gasteiger partial charge is 0.0978 e. The molecule has 0 aromatic rings. The Bertz CT molecular complexity index is 169. The molecule has 1 nitrogen and oxygen atoms in total. The number of allylic oxidation sites excluding steroid dienone is 2. The predicted octanol–water partition coefficient (Wildman–Crippen LogP) is 2.87. The van der Waals surface area contributed by atoms with Crippen molar-refractivity contribution in [3.8, 4) is 0 Å². The highest BCUT2D eigenvalue weighted by Gasteiger charge is 2.26. The van der Waals surface area contributed by atoms with Gasteiger partial charge in [0.2, 0.25) is 0 Å². The van der Waals surface area contributed by atoms with E-state index in [1.165, 1.54) is 44.3 Å². The summed E-state index contributed by atoms with van der Waals surface area (Å²) in [6, 6.07) is 0. The zero-order valence-electron chi connectivity index (χ0n) is 7.23. The van der Waals surface area contributed by atoms with Gasteiger partial charge >= 0.3 is 0 Å². The van der Waals surface area contributed by atoms with Crippen LogP contribution in [0.5, 0.6) is 0 Å². The Balaban J connectivity index is 2.25. The second kappa shape index (κ2) is 2.88. The van der Waals surface area contributed by atoms with Crippen molar-refractivity contribution in [2.24, 2.45) is 5.92 Å². The molecule has 0 aromatic carbocycles. The summed E-state index contributed by atoms with van der Waals surface area (Å²) in [5.74, 6) is 2.14. The maximum absolute atomic E-state index is 5.44. The highest BCUT2D eigenvalue weighted by atomic mass is 16.5. The second-order valence-corrected chi connectivity index (χ2v) is 3.65. The first kappa shape index (κ1) is 7.20. The molecule has 0 N–H and O–H groups in total. The summed E-state index contributed by atoms with van der Waals surface area (Å²) in [7, 11) is 1.83. The van der Waals surface area contributed by atoms with E-state index in [1.807, 2.05) is 7.11 Å². The van der Waals surface area contributed by atoms with E-state index in [-0.39, 0.29) is 0 Å². The summed E-state index contributed by atoms with van der Waals surface area (Å²) in [5.41, 5.74) is 1.62. The van der Waals surface area contributed by atoms with Crippen molar-refractivity contribution in [1.82, 2.24) is 0 Å². The molecule has 0 amide bonds. The number of fused-ring (bicyclic) bond motifs is 1. The molecule has 0 fully saturated rings. The molecule has 0 spiro atoms. The van der Waals surface area contributed by atoms with Crippen molar-refractivity contribution in [3.63, 3.8) is 0 Å². The molecule has 62 valence electrons. The van der Waals surface area contributed by atoms with Crippen molar-refractivity contribution in [1.29, 1.82) is 0 Å². The lowest BCUT2D eigenvalue weighted by Gasteiger charge is -2.31. The standard InChI is InChI=1S/C10H16O/c1-11-10-8-4-2-5-9(10)7-3-6-8/h8H,2-7H2,1H3. The minimum atomic E-state index is 0.789. The van der Waals surface area contributed by atoms with Crippen LogP contribution >= 0.6 is 0 Å². The molecule has 0 saturated heterocycles. The van der Waals surface area contributed by atoms with E-state index >= 15 is 0 Å². The number of hydrogen-bond donors (Lipinski definition) is 0. The fourth-order valence-corrected chi connectivity index (χ4v) is 2.50. The van der Waals surface area contributed by atoms with Crippen LogP contribution in [0.25, 0.3) is 0 Å². The maximum atomic E-state index is 5.44. The van der Waals surface area contributed by atoms with Gasteiger partial charge in [0.1, 0.15) is 0 Å². The topological polar surface area (TPSA) is 9.23 Å². The summed E-state index contributed by atoms with van der Waals surface area (Å²) in [5, 5.41) is 0. The van der Waals surface area contributed by atoms with E-state index in [4.69, 9.17) is 4.74 Å². The van der Waals surface area contributed by atoms with Crippen LogP contribution in [0, 0.1) is 5.92 Å². The molecule has 1 heteroatoms. The van der Waals surface area contributed by atoms with Gasteiger partial charge in [-0.1, -0.05) is 0 Å². The summed E-state index contributed by atoms with van der Waals surface area (Å²) < 4.78 is 5.44. The number of methoxy groups -OCH3 is 1. The molecule has 0 radical (unpaired) electrons. The first-order valence-corrected chi connectivity index (χ1v) is 4.67. The molecule has 2 rings (SSSR count). The normalized spacial score (nSPS) is 25.5. The first-order valence-electron chi connectivity index (χ1n) is 4.67. The first-order chi connectivity index (χ1) is 5.42. The van der Waals surface area contributed by atoms with E-state index in [9.17, 15) is 0 Å². The van der Waals surface area contributed by atoms with E-state index < -0.39 is 0 Å². The zero-order valence-corrected chi connectivity index (χ0v) is 7.23. The van der Waals surface area contributed by atoms with Crippen molar-refractivity contribution in [2.75, 3.05) is 7.11 Å². The molecule has 2 aliphatic carbocycles. The third-order valence-corrected chi connectivity index (χ3v) is 3.00. The van der Waals surface area contributed by atoms with E-state index in [2.05, 4.69) is 0 Å². The van der Waals surface area contributed by atoms with Crippen LogP contribution in [-0.4, -0.2) is 7.11 Å². The fraction of sp³-hybridized carbons (Fsp3) is 0.800. The van der Waals surface area contributed by atoms with Gasteiger partial charge < -0.3 is 4.74 Å². The summed E-state index contributed by atoms with van der Waals surface area (Å²) >= 11 is 0. The molecular weight excluding hydrogens is 136 g/mol. The Morgan fingerprint density at radius 2 is 1.82 bits per heavy atom. The summed E-state index contributed by atoms with van der Waals surface area (Å²) in [4.78, 5) is 0. The molecular formula is C10H16O. The second-order valence-electron chi connectivity index (χ2n) is 3.65. The van der Waals surface area contributed by atoms with Crippen LogP contribution in [0.3, 0.4) is 0 Å². The molecule has 0 atom stereocenters. The Kier molecular flexibility index (Phi) is 1.89. The molecule has 0 saturated carbocycles. The SMILES string of the molecule is COC1=C2CCCC1CCC2. The largest absolute Gasteiger partial charge is 0.501 e. The van der Waals surface area contributed by atoms with Crippen LogP contribution in [-0.2, 0) is 4.74 Å². The molecule has 0 aromatic heterocycles. The van der Waals surface area contributed by atoms with Crippen molar-refractivity contribution >= 4 is 0 Å². The average molecular weight is 152 g/mol. The lowest BCUT2D eigenvalue weighted by Crippen LogP contribution is -2.18. The monoisotopic (exact) mass is 152 g/mol. The fourth-order valence-electron chi connectivity index (χ4n) is 2.50. The Morgan fingerprint density at radius 1 is 1.18 bits per heavy atom. The van der Waals surface area contributed by atoms with Crippen LogP contribution in [0.15, 0.2) is 11.3 Å². The maximum Gasteiger partial charge on any atom is 0.0978 e. The quantitative estimate of drug-likeness (QED) is 0.561. The van der Waals surface area contributed by atoms with Gasteiger partial charge in [0.05, 0.1) is 12.9 Å². The van der Waals surface area contributed by atoms with E-state index in [1.54, 1.807) is 5.57 Å². The summed E-state index contributed by atoms with van der Waals surface area (Å²) in [6.07, 6.45) is 8.14. The van der Waals surface area contributed by atoms with Crippen LogP contribution in [0.1, 0.15) is 38.5 Å². The number of ether oxygens (including phenoxy) is 1. The number of hydrogen-bond acceptors (Lipinski definition) is 1. The van der Waals surface area contributed by atoms with Gasteiger partial charge in [0.25, 0.3) is 0 Å². The molecule has 0 unspecified atom stereocenters. The van der Waals surface area contributed by atoms with Gasteiger partial charge in [-0.2, -0.15) is 0 Å². The minimum absolute atomic E-state index is 0.789. The highest BCUT2D eigenvalue weighted by molar-refractivity contribution is 5.17. The van der Waals surface area contributed by atoms with E-state index in [0.29, 0.717) is 0 Å². The van der Waals surface area contributed by atoms with Crippen LogP contribution < -0.4 is 0 Å². The van der Waals surface area contributed by atoms with Crippen molar-refractivity contribution in [2.45, 2.75) is 38.5 Å². The average Bonchev–Trinajstić information content (AvgIpc) is 2.03. The van der Waals surface area contributed by atoms with Crippen LogP contribution in [0.4, 0.5) is 0 Å². The van der Waals surface area contributed by atoms with Gasteiger partial charge in [-0.3, -0.25) is 0 Å². The third-order valence-electron chi connectivity index (χ3n) is 3.00. The third kappa shape index (κ3) is 1.17. The Morgan fingerprint density at radius 3 is 2.18 bits per heavy atom. The van der Waals surface area contributed by atoms with Gasteiger partial charge in [-0.05, 0) is 44.1 Å². The molecule has 0 aliphatic heterocycles. The van der Waals surface area contributed by atoms with Gasteiger partial charge in [0.15, 0.2) is 0 Å². The Hall–Kier alpha value is -0.460. The Labute approximate surface area is 68.4 Å². The summed E-state index contributed by atoms with van der Waals surface area (Å²) in [6.45, 7) is 0. The molecule has 11 heavy (non-hydrogen) atoms. The van der Waals surface area contributed by atoms with Crippen molar-refractivity contribution < 1.29 is 4.74 Å². The highest BCUT2D eigenvalue weighted by Crippen LogP contribution is 2.40. The molecule has 0 heterocycles. The minimum Gasteiger partial charge on any atom is -0.501 e.